The Morgan fingerprint density at radius 3 is 2.54 bits per heavy atom. The van der Waals surface area contributed by atoms with Crippen LogP contribution in [0.15, 0.2) is 0 Å². The standard InChI is InChI=1S/C8H16N2O3/c1-6(11)10-5-3-2-4-7(9)8(12)13/h7H,2-5,9H2,1H3,(H,10,11)(H,12,13)/p+1/t7-/m0/s1. The molecule has 0 bridgehead atoms. The second kappa shape index (κ2) is 6.42. The van der Waals surface area contributed by atoms with Crippen molar-refractivity contribution in [1.29, 1.82) is 0 Å². The highest BCUT2D eigenvalue weighted by Gasteiger charge is 2.13. The van der Waals surface area contributed by atoms with Gasteiger partial charge in [-0.1, -0.05) is 0 Å². The number of carboxylic acids is 1. The number of unbranched alkanes of at least 4 members (excludes halogenated alkanes) is 1. The number of carbonyl (C=O) groups is 2. The lowest BCUT2D eigenvalue weighted by atomic mass is 10.1. The maximum Gasteiger partial charge on any atom is 0.362 e. The molecule has 0 aliphatic heterocycles. The minimum Gasteiger partial charge on any atom is -0.477 e. The van der Waals surface area contributed by atoms with Crippen molar-refractivity contribution in [3.05, 3.63) is 0 Å². The smallest absolute Gasteiger partial charge is 0.362 e. The van der Waals surface area contributed by atoms with Crippen LogP contribution in [0.2, 0.25) is 0 Å². The van der Waals surface area contributed by atoms with Crippen molar-refractivity contribution < 1.29 is 20.4 Å². The molecule has 0 saturated carbocycles. The summed E-state index contributed by atoms with van der Waals surface area (Å²) in [5, 5.41) is 11.1. The predicted molar refractivity (Wildman–Crippen MR) is 46.8 cm³/mol. The maximum absolute atomic E-state index is 10.4. The van der Waals surface area contributed by atoms with Crippen LogP contribution in [0, 0.1) is 0 Å². The summed E-state index contributed by atoms with van der Waals surface area (Å²) in [6.45, 7) is 2.07. The Balaban J connectivity index is 3.26. The lowest BCUT2D eigenvalue weighted by Crippen LogP contribution is -2.64. The molecule has 1 amide bonds. The molecule has 0 saturated heterocycles. The van der Waals surface area contributed by atoms with Crippen LogP contribution in [0.5, 0.6) is 0 Å². The Morgan fingerprint density at radius 1 is 1.46 bits per heavy atom. The molecule has 0 fully saturated rings. The molecule has 5 heteroatoms. The van der Waals surface area contributed by atoms with E-state index in [9.17, 15) is 9.59 Å². The topological polar surface area (TPSA) is 94.0 Å². The van der Waals surface area contributed by atoms with Gasteiger partial charge >= 0.3 is 5.97 Å². The number of aliphatic carboxylic acids is 1. The molecule has 0 aliphatic rings. The van der Waals surface area contributed by atoms with Gasteiger partial charge in [0.05, 0.1) is 0 Å². The number of hydrogen-bond donors (Lipinski definition) is 3. The molecule has 0 heterocycles. The highest BCUT2D eigenvalue weighted by Crippen LogP contribution is 1.96. The van der Waals surface area contributed by atoms with Crippen molar-refractivity contribution in [2.75, 3.05) is 6.54 Å². The number of quaternary nitrogens is 1. The number of carboxylic acid groups (broad SMARTS) is 1. The quantitative estimate of drug-likeness (QED) is 0.467. The fourth-order valence-electron chi connectivity index (χ4n) is 0.904. The third-order valence-corrected chi connectivity index (χ3v) is 1.70. The summed E-state index contributed by atoms with van der Waals surface area (Å²) in [6, 6.07) is -0.530. The molecule has 0 aromatic carbocycles. The number of carbonyl (C=O) groups excluding carboxylic acids is 1. The Labute approximate surface area is 77.3 Å². The minimum atomic E-state index is -0.862. The van der Waals surface area contributed by atoms with E-state index in [4.69, 9.17) is 5.11 Å². The number of hydrogen-bond acceptors (Lipinski definition) is 2. The monoisotopic (exact) mass is 189 g/mol. The lowest BCUT2D eigenvalue weighted by Gasteiger charge is -2.03. The molecule has 5 nitrogen and oxygen atoms in total. The van der Waals surface area contributed by atoms with Gasteiger partial charge in [0, 0.05) is 19.9 Å². The van der Waals surface area contributed by atoms with Crippen LogP contribution in [0.25, 0.3) is 0 Å². The van der Waals surface area contributed by atoms with Crippen LogP contribution in [0.1, 0.15) is 26.2 Å². The Morgan fingerprint density at radius 2 is 2.08 bits per heavy atom. The van der Waals surface area contributed by atoms with Crippen molar-refractivity contribution in [2.45, 2.75) is 32.2 Å². The molecule has 1 atom stereocenters. The van der Waals surface area contributed by atoms with E-state index in [1.165, 1.54) is 6.92 Å². The van der Waals surface area contributed by atoms with E-state index in [1.54, 1.807) is 0 Å². The average molecular weight is 189 g/mol. The van der Waals surface area contributed by atoms with Gasteiger partial charge in [-0.25, -0.2) is 4.79 Å². The maximum atomic E-state index is 10.4. The molecule has 0 aromatic rings. The first-order valence-electron chi connectivity index (χ1n) is 4.34. The molecule has 76 valence electrons. The molecular weight excluding hydrogens is 172 g/mol. The molecule has 13 heavy (non-hydrogen) atoms. The Hall–Kier alpha value is -1.10. The number of amides is 1. The van der Waals surface area contributed by atoms with Gasteiger partial charge < -0.3 is 16.2 Å². The lowest BCUT2D eigenvalue weighted by molar-refractivity contribution is -0.409. The first-order chi connectivity index (χ1) is 6.04. The molecule has 0 radical (unpaired) electrons. The van der Waals surface area contributed by atoms with Crippen molar-refractivity contribution >= 4 is 11.9 Å². The highest BCUT2D eigenvalue weighted by molar-refractivity contribution is 5.72. The fraction of sp³-hybridized carbons (Fsp3) is 0.750. The summed E-state index contributed by atoms with van der Waals surface area (Å²) >= 11 is 0. The molecule has 0 rings (SSSR count). The minimum absolute atomic E-state index is 0.0515. The summed E-state index contributed by atoms with van der Waals surface area (Å²) in [4.78, 5) is 20.8. The van der Waals surface area contributed by atoms with Crippen LogP contribution in [-0.4, -0.2) is 29.6 Å². The van der Waals surface area contributed by atoms with E-state index in [-0.39, 0.29) is 5.91 Å². The molecule has 0 aliphatic carbocycles. The predicted octanol–water partition coefficient (Wildman–Crippen LogP) is -1.01. The average Bonchev–Trinajstić information content (AvgIpc) is 2.02. The number of rotatable bonds is 6. The van der Waals surface area contributed by atoms with E-state index in [0.717, 1.165) is 12.8 Å². The summed E-state index contributed by atoms with van der Waals surface area (Å²) in [5.74, 6) is -0.913. The third-order valence-electron chi connectivity index (χ3n) is 1.70. The van der Waals surface area contributed by atoms with Gasteiger partial charge in [0.2, 0.25) is 5.91 Å². The normalized spacial score (nSPS) is 12.2. The van der Waals surface area contributed by atoms with Gasteiger partial charge in [0.15, 0.2) is 6.04 Å². The Bertz CT molecular complexity index is 182. The van der Waals surface area contributed by atoms with E-state index in [0.29, 0.717) is 13.0 Å². The van der Waals surface area contributed by atoms with Gasteiger partial charge in [-0.3, -0.25) is 4.79 Å². The summed E-state index contributed by atoms with van der Waals surface area (Å²) in [7, 11) is 0. The molecule has 0 aromatic heterocycles. The van der Waals surface area contributed by atoms with Crippen molar-refractivity contribution in [3.8, 4) is 0 Å². The second-order valence-corrected chi connectivity index (χ2v) is 3.01. The Kier molecular flexibility index (Phi) is 5.88. The van der Waals surface area contributed by atoms with E-state index < -0.39 is 12.0 Å². The zero-order valence-corrected chi connectivity index (χ0v) is 7.88. The first kappa shape index (κ1) is 11.9. The summed E-state index contributed by atoms with van der Waals surface area (Å²) in [6.07, 6.45) is 2.15. The van der Waals surface area contributed by atoms with Gasteiger partial charge in [0.25, 0.3) is 0 Å². The fourth-order valence-corrected chi connectivity index (χ4v) is 0.904. The molecule has 5 N–H and O–H groups in total. The SMILES string of the molecule is CC(=O)NCCCC[C@H]([NH3+])C(=O)O. The molecular formula is C8H17N2O3+. The van der Waals surface area contributed by atoms with Crippen LogP contribution < -0.4 is 11.1 Å². The van der Waals surface area contributed by atoms with Crippen molar-refractivity contribution in [3.63, 3.8) is 0 Å². The van der Waals surface area contributed by atoms with Crippen molar-refractivity contribution in [2.24, 2.45) is 0 Å². The third kappa shape index (κ3) is 7.27. The van der Waals surface area contributed by atoms with Crippen LogP contribution >= 0.6 is 0 Å². The summed E-state index contributed by atoms with van der Waals surface area (Å²) < 4.78 is 0. The zero-order chi connectivity index (χ0) is 10.3. The largest absolute Gasteiger partial charge is 0.477 e. The van der Waals surface area contributed by atoms with Gasteiger partial charge in [-0.15, -0.1) is 0 Å². The highest BCUT2D eigenvalue weighted by atomic mass is 16.4. The van der Waals surface area contributed by atoms with Gasteiger partial charge in [-0.2, -0.15) is 0 Å². The summed E-state index contributed by atoms with van der Waals surface area (Å²) in [5.41, 5.74) is 3.48. The van der Waals surface area contributed by atoms with Crippen LogP contribution in [0.4, 0.5) is 0 Å². The molecule has 0 unspecified atom stereocenters. The van der Waals surface area contributed by atoms with Crippen molar-refractivity contribution in [1.82, 2.24) is 5.32 Å². The van der Waals surface area contributed by atoms with Gasteiger partial charge in [-0.05, 0) is 12.8 Å². The number of nitrogens with one attached hydrogen (secondary N) is 1. The van der Waals surface area contributed by atoms with Crippen LogP contribution in [-0.2, 0) is 9.59 Å². The van der Waals surface area contributed by atoms with E-state index in [2.05, 4.69) is 11.1 Å². The van der Waals surface area contributed by atoms with Gasteiger partial charge in [0.1, 0.15) is 0 Å². The second-order valence-electron chi connectivity index (χ2n) is 3.01. The van der Waals surface area contributed by atoms with E-state index >= 15 is 0 Å². The van der Waals surface area contributed by atoms with Crippen LogP contribution in [0.3, 0.4) is 0 Å². The zero-order valence-electron chi connectivity index (χ0n) is 7.88. The van der Waals surface area contributed by atoms with E-state index in [1.807, 2.05) is 0 Å². The first-order valence-corrected chi connectivity index (χ1v) is 4.34. The molecule has 0 spiro atoms.